The third kappa shape index (κ3) is 4.69. The van der Waals surface area contributed by atoms with Crippen LogP contribution >= 0.6 is 0 Å². The number of aromatic nitrogens is 3. The molecule has 2 heterocycles. The summed E-state index contributed by atoms with van der Waals surface area (Å²) in [6.07, 6.45) is 4.30. The van der Waals surface area contributed by atoms with Crippen molar-refractivity contribution in [3.05, 3.63) is 59.7 Å². The maximum absolute atomic E-state index is 13.4. The number of urea groups is 1. The number of benzene rings is 2. The molecule has 0 unspecified atom stereocenters. The molecule has 0 fully saturated rings. The van der Waals surface area contributed by atoms with E-state index in [9.17, 15) is 4.79 Å². The average Bonchev–Trinajstić information content (AvgIpc) is 3.02. The van der Waals surface area contributed by atoms with Crippen LogP contribution in [-0.2, 0) is 19.5 Å². The van der Waals surface area contributed by atoms with Crippen LogP contribution in [-0.4, -0.2) is 35.0 Å². The van der Waals surface area contributed by atoms with Gasteiger partial charge in [-0.1, -0.05) is 18.6 Å². The zero-order chi connectivity index (χ0) is 22.5. The molecule has 1 N–H and O–H groups in total. The Kier molecular flexibility index (Phi) is 6.58. The topological polar surface area (TPSA) is 81.5 Å². The summed E-state index contributed by atoms with van der Waals surface area (Å²) in [5.41, 5.74) is 2.49. The van der Waals surface area contributed by atoms with Crippen LogP contribution in [0.15, 0.2) is 42.5 Å². The number of carbonyl (C=O) groups excluding carboxylic acids is 1. The Morgan fingerprint density at radius 1 is 1.06 bits per heavy atom. The Hall–Kier alpha value is -3.55. The summed E-state index contributed by atoms with van der Waals surface area (Å²) in [6.45, 7) is 3.16. The number of carbonyl (C=O) groups is 1. The molecule has 0 atom stereocenters. The lowest BCUT2D eigenvalue weighted by molar-refractivity contribution is 0.256. The first-order valence-corrected chi connectivity index (χ1v) is 10.9. The Morgan fingerprint density at radius 2 is 1.91 bits per heavy atom. The monoisotopic (exact) mass is 435 g/mol. The molecule has 1 aliphatic rings. The van der Waals surface area contributed by atoms with Crippen LogP contribution in [0.2, 0.25) is 0 Å². The number of amides is 2. The van der Waals surface area contributed by atoms with E-state index >= 15 is 0 Å². The lowest BCUT2D eigenvalue weighted by atomic mass is 10.2. The third-order valence-corrected chi connectivity index (χ3v) is 5.68. The van der Waals surface area contributed by atoms with Gasteiger partial charge in [0.15, 0.2) is 17.3 Å². The molecular weight excluding hydrogens is 406 g/mol. The second kappa shape index (κ2) is 9.72. The average molecular weight is 436 g/mol. The standard InChI is InChI=1S/C24H29N5O3/c1-17-8-7-9-18(14-17)25-24(30)29(19-11-12-20(31-2)21(15-19)32-3)16-23-27-26-22-10-5-4-6-13-28(22)23/h7-9,11-12,14-15H,4-6,10,13,16H2,1-3H3,(H,25,30). The second-order valence-corrected chi connectivity index (χ2v) is 7.92. The molecule has 0 aliphatic carbocycles. The van der Waals surface area contributed by atoms with Crippen LogP contribution in [0, 0.1) is 6.92 Å². The van der Waals surface area contributed by atoms with Gasteiger partial charge in [0, 0.05) is 30.4 Å². The Balaban J connectivity index is 1.68. The summed E-state index contributed by atoms with van der Waals surface area (Å²) in [4.78, 5) is 15.1. The van der Waals surface area contributed by atoms with E-state index < -0.39 is 0 Å². The molecule has 3 aromatic rings. The van der Waals surface area contributed by atoms with E-state index in [1.165, 1.54) is 6.42 Å². The Labute approximate surface area is 188 Å². The van der Waals surface area contributed by atoms with Crippen LogP contribution in [0.4, 0.5) is 16.2 Å². The van der Waals surface area contributed by atoms with E-state index in [4.69, 9.17) is 9.47 Å². The first-order chi connectivity index (χ1) is 15.6. The highest BCUT2D eigenvalue weighted by molar-refractivity contribution is 6.01. The molecule has 4 rings (SSSR count). The van der Waals surface area contributed by atoms with Gasteiger partial charge in [0.2, 0.25) is 0 Å². The van der Waals surface area contributed by atoms with Gasteiger partial charge in [0.25, 0.3) is 0 Å². The number of ether oxygens (including phenoxy) is 2. The molecule has 8 nitrogen and oxygen atoms in total. The largest absolute Gasteiger partial charge is 0.493 e. The van der Waals surface area contributed by atoms with Crippen molar-refractivity contribution in [2.75, 3.05) is 24.4 Å². The van der Waals surface area contributed by atoms with Gasteiger partial charge >= 0.3 is 6.03 Å². The molecule has 168 valence electrons. The van der Waals surface area contributed by atoms with Crippen LogP contribution in [0.1, 0.15) is 36.5 Å². The van der Waals surface area contributed by atoms with E-state index in [1.54, 1.807) is 31.3 Å². The van der Waals surface area contributed by atoms with Gasteiger partial charge in [0.05, 0.1) is 20.8 Å². The fraction of sp³-hybridized carbons (Fsp3) is 0.375. The van der Waals surface area contributed by atoms with Crippen molar-refractivity contribution >= 4 is 17.4 Å². The normalized spacial score (nSPS) is 13.1. The summed E-state index contributed by atoms with van der Waals surface area (Å²) in [7, 11) is 3.17. The number of nitrogens with one attached hydrogen (secondary N) is 1. The van der Waals surface area contributed by atoms with Crippen molar-refractivity contribution in [2.24, 2.45) is 0 Å². The number of methoxy groups -OCH3 is 2. The summed E-state index contributed by atoms with van der Waals surface area (Å²) < 4.78 is 13.0. The molecule has 0 bridgehead atoms. The second-order valence-electron chi connectivity index (χ2n) is 7.92. The van der Waals surface area contributed by atoms with Crippen molar-refractivity contribution in [3.8, 4) is 11.5 Å². The third-order valence-electron chi connectivity index (χ3n) is 5.68. The fourth-order valence-electron chi connectivity index (χ4n) is 3.99. The SMILES string of the molecule is COc1ccc(N(Cc2nnc3n2CCCCC3)C(=O)Nc2cccc(C)c2)cc1OC. The van der Waals surface area contributed by atoms with Crippen LogP contribution in [0.25, 0.3) is 0 Å². The molecule has 1 aromatic heterocycles. The number of fused-ring (bicyclic) bond motifs is 1. The van der Waals surface area contributed by atoms with E-state index in [0.29, 0.717) is 23.7 Å². The van der Waals surface area contributed by atoms with Crippen molar-refractivity contribution in [1.82, 2.24) is 14.8 Å². The molecule has 32 heavy (non-hydrogen) atoms. The highest BCUT2D eigenvalue weighted by atomic mass is 16.5. The van der Waals surface area contributed by atoms with E-state index in [0.717, 1.165) is 48.7 Å². The number of rotatable bonds is 6. The van der Waals surface area contributed by atoms with Crippen LogP contribution in [0.3, 0.4) is 0 Å². The predicted octanol–water partition coefficient (Wildman–Crippen LogP) is 4.57. The minimum absolute atomic E-state index is 0.256. The van der Waals surface area contributed by atoms with Gasteiger partial charge in [-0.2, -0.15) is 0 Å². The molecular formula is C24H29N5O3. The van der Waals surface area contributed by atoms with Crippen molar-refractivity contribution in [1.29, 1.82) is 0 Å². The summed E-state index contributed by atoms with van der Waals surface area (Å²) >= 11 is 0. The molecule has 1 aliphatic heterocycles. The predicted molar refractivity (Wildman–Crippen MR) is 124 cm³/mol. The molecule has 2 amide bonds. The smallest absolute Gasteiger partial charge is 0.326 e. The first kappa shape index (κ1) is 21.7. The van der Waals surface area contributed by atoms with Crippen molar-refractivity contribution in [2.45, 2.75) is 45.7 Å². The molecule has 0 radical (unpaired) electrons. The van der Waals surface area contributed by atoms with Gasteiger partial charge in [-0.05, 0) is 49.6 Å². The highest BCUT2D eigenvalue weighted by Gasteiger charge is 2.23. The lowest BCUT2D eigenvalue weighted by Gasteiger charge is -2.24. The number of nitrogens with zero attached hydrogens (tertiary/aromatic N) is 4. The highest BCUT2D eigenvalue weighted by Crippen LogP contribution is 2.32. The van der Waals surface area contributed by atoms with Crippen LogP contribution < -0.4 is 19.7 Å². The maximum atomic E-state index is 13.4. The van der Waals surface area contributed by atoms with Crippen molar-refractivity contribution in [3.63, 3.8) is 0 Å². The van der Waals surface area contributed by atoms with Crippen molar-refractivity contribution < 1.29 is 14.3 Å². The molecule has 8 heteroatoms. The molecule has 2 aromatic carbocycles. The summed E-state index contributed by atoms with van der Waals surface area (Å²) in [5.74, 6) is 2.92. The maximum Gasteiger partial charge on any atom is 0.326 e. The molecule has 0 saturated carbocycles. The number of anilines is 2. The summed E-state index contributed by atoms with van der Waals surface area (Å²) in [5, 5.41) is 11.8. The number of hydrogen-bond acceptors (Lipinski definition) is 5. The number of aryl methyl sites for hydroxylation is 2. The molecule has 0 saturated heterocycles. The first-order valence-electron chi connectivity index (χ1n) is 10.9. The quantitative estimate of drug-likeness (QED) is 0.613. The van der Waals surface area contributed by atoms with Gasteiger partial charge in [0.1, 0.15) is 5.82 Å². The number of hydrogen-bond donors (Lipinski definition) is 1. The van der Waals surface area contributed by atoms with Gasteiger partial charge < -0.3 is 19.4 Å². The zero-order valence-corrected chi connectivity index (χ0v) is 18.8. The van der Waals surface area contributed by atoms with E-state index in [1.807, 2.05) is 37.3 Å². The fourth-order valence-corrected chi connectivity index (χ4v) is 3.99. The van der Waals surface area contributed by atoms with Gasteiger partial charge in [-0.25, -0.2) is 4.79 Å². The van der Waals surface area contributed by atoms with E-state index in [-0.39, 0.29) is 6.03 Å². The van der Waals surface area contributed by atoms with Gasteiger partial charge in [-0.3, -0.25) is 4.90 Å². The minimum Gasteiger partial charge on any atom is -0.493 e. The Bertz CT molecular complexity index is 1090. The summed E-state index contributed by atoms with van der Waals surface area (Å²) in [6, 6.07) is 12.9. The van der Waals surface area contributed by atoms with E-state index in [2.05, 4.69) is 20.1 Å². The Morgan fingerprint density at radius 3 is 2.69 bits per heavy atom. The van der Waals surface area contributed by atoms with Gasteiger partial charge in [-0.15, -0.1) is 10.2 Å². The molecule has 0 spiro atoms. The minimum atomic E-state index is -0.256. The zero-order valence-electron chi connectivity index (χ0n) is 18.8. The van der Waals surface area contributed by atoms with Crippen LogP contribution in [0.5, 0.6) is 11.5 Å². The lowest BCUT2D eigenvalue weighted by Crippen LogP contribution is -2.35.